The molecule has 2 aliphatic rings. The molecule has 0 bridgehead atoms. The Kier molecular flexibility index (Phi) is 4.17. The van der Waals surface area contributed by atoms with Crippen molar-refractivity contribution in [2.45, 2.75) is 30.7 Å². The molecule has 1 amide bonds. The first kappa shape index (κ1) is 19.4. The fourth-order valence-electron chi connectivity index (χ4n) is 4.77. The number of fused-ring (bicyclic) bond motifs is 2. The van der Waals surface area contributed by atoms with E-state index in [1.807, 2.05) is 0 Å². The number of aliphatic hydroxyl groups is 1. The molecule has 5 nitrogen and oxygen atoms in total. The highest BCUT2D eigenvalue weighted by Crippen LogP contribution is 2.60. The van der Waals surface area contributed by atoms with E-state index in [1.54, 1.807) is 18.3 Å². The fourth-order valence-corrected chi connectivity index (χ4v) is 4.99. The molecule has 0 saturated heterocycles. The predicted octanol–water partition coefficient (Wildman–Crippen LogP) is 4.26. The number of nitrogens with zero attached hydrogens (tertiary/aromatic N) is 1. The van der Waals surface area contributed by atoms with E-state index in [9.17, 15) is 23.1 Å². The lowest BCUT2D eigenvalue weighted by atomic mass is 9.86. The van der Waals surface area contributed by atoms with Gasteiger partial charge in [0.1, 0.15) is 0 Å². The van der Waals surface area contributed by atoms with Crippen molar-refractivity contribution in [3.8, 4) is 0 Å². The van der Waals surface area contributed by atoms with Crippen molar-refractivity contribution in [2.75, 3.05) is 0 Å². The summed E-state index contributed by atoms with van der Waals surface area (Å²) in [5.41, 5.74) is -0.528. The summed E-state index contributed by atoms with van der Waals surface area (Å²) in [6, 6.07) is 7.69. The highest BCUT2D eigenvalue weighted by Gasteiger charge is 2.62. The van der Waals surface area contributed by atoms with E-state index < -0.39 is 23.2 Å². The number of alkyl halides is 3. The van der Waals surface area contributed by atoms with E-state index in [0.29, 0.717) is 23.4 Å². The molecule has 3 N–H and O–H groups in total. The van der Waals surface area contributed by atoms with Crippen LogP contribution in [0.4, 0.5) is 13.2 Å². The zero-order chi connectivity index (χ0) is 21.3. The third-order valence-corrected chi connectivity index (χ3v) is 6.47. The van der Waals surface area contributed by atoms with Gasteiger partial charge in [0.15, 0.2) is 0 Å². The van der Waals surface area contributed by atoms with Gasteiger partial charge in [0.05, 0.1) is 22.9 Å². The average molecular weight is 436 g/mol. The number of amides is 1. The molecule has 4 atom stereocenters. The standard InChI is InChI=1S/C21H17ClF3N3O2/c22-12-5-16(15-9-26-28-17(15)6-12)20(30)7-13-14(8-20)18(13)27-19(29)10-2-1-3-11(4-10)21(23,24)25/h1-6,9,13-14,18,30H,7-8H2,(H,26,28)(H,27,29)/t13-,14?,18?,20?/m1/s1. The van der Waals surface area contributed by atoms with Crippen LogP contribution in [-0.2, 0) is 11.8 Å². The smallest absolute Gasteiger partial charge is 0.385 e. The van der Waals surface area contributed by atoms with E-state index in [4.69, 9.17) is 11.6 Å². The van der Waals surface area contributed by atoms with Gasteiger partial charge in [-0.1, -0.05) is 17.7 Å². The van der Waals surface area contributed by atoms with Crippen LogP contribution in [0.3, 0.4) is 0 Å². The van der Waals surface area contributed by atoms with Gasteiger partial charge in [-0.3, -0.25) is 9.89 Å². The molecule has 9 heteroatoms. The van der Waals surface area contributed by atoms with Crippen LogP contribution in [0, 0.1) is 11.8 Å². The Morgan fingerprint density at radius 2 is 1.97 bits per heavy atom. The molecule has 1 heterocycles. The van der Waals surface area contributed by atoms with Gasteiger partial charge in [0, 0.05) is 22.0 Å². The summed E-state index contributed by atoms with van der Waals surface area (Å²) < 4.78 is 38.6. The maximum absolute atomic E-state index is 12.9. The van der Waals surface area contributed by atoms with Crippen molar-refractivity contribution in [1.82, 2.24) is 15.5 Å². The van der Waals surface area contributed by atoms with Crippen molar-refractivity contribution in [3.05, 3.63) is 64.3 Å². The summed E-state index contributed by atoms with van der Waals surface area (Å²) in [5, 5.41) is 22.2. The summed E-state index contributed by atoms with van der Waals surface area (Å²) in [7, 11) is 0. The minimum Gasteiger partial charge on any atom is -0.385 e. The van der Waals surface area contributed by atoms with Gasteiger partial charge < -0.3 is 10.4 Å². The Balaban J connectivity index is 1.30. The first-order chi connectivity index (χ1) is 14.2. The number of nitrogens with one attached hydrogen (secondary N) is 2. The second-order valence-corrected chi connectivity index (χ2v) is 8.57. The minimum atomic E-state index is -4.50. The quantitative estimate of drug-likeness (QED) is 0.575. The Hall–Kier alpha value is -2.58. The monoisotopic (exact) mass is 435 g/mol. The van der Waals surface area contributed by atoms with E-state index in [1.165, 1.54) is 12.1 Å². The Morgan fingerprint density at radius 3 is 2.67 bits per heavy atom. The minimum absolute atomic E-state index is 0.0278. The maximum Gasteiger partial charge on any atom is 0.416 e. The summed E-state index contributed by atoms with van der Waals surface area (Å²) in [6.45, 7) is 0. The van der Waals surface area contributed by atoms with E-state index in [2.05, 4.69) is 15.5 Å². The number of halogens is 4. The molecule has 2 fully saturated rings. The van der Waals surface area contributed by atoms with Gasteiger partial charge in [-0.25, -0.2) is 0 Å². The number of carbonyl (C=O) groups is 1. The van der Waals surface area contributed by atoms with Crippen LogP contribution in [-0.4, -0.2) is 27.3 Å². The number of rotatable bonds is 3. The van der Waals surface area contributed by atoms with E-state index >= 15 is 0 Å². The van der Waals surface area contributed by atoms with Crippen molar-refractivity contribution in [3.63, 3.8) is 0 Å². The van der Waals surface area contributed by atoms with Crippen LogP contribution in [0.15, 0.2) is 42.6 Å². The number of benzene rings is 2. The summed E-state index contributed by atoms with van der Waals surface area (Å²) in [4.78, 5) is 12.5. The molecule has 3 unspecified atom stereocenters. The van der Waals surface area contributed by atoms with Crippen LogP contribution < -0.4 is 5.32 Å². The van der Waals surface area contributed by atoms with Crippen molar-refractivity contribution in [2.24, 2.45) is 11.8 Å². The number of hydrogen-bond acceptors (Lipinski definition) is 3. The highest BCUT2D eigenvalue weighted by molar-refractivity contribution is 6.31. The lowest BCUT2D eigenvalue weighted by Gasteiger charge is -2.27. The van der Waals surface area contributed by atoms with Crippen molar-refractivity contribution >= 4 is 28.4 Å². The first-order valence-electron chi connectivity index (χ1n) is 9.49. The lowest BCUT2D eigenvalue weighted by Crippen LogP contribution is -2.33. The van der Waals surface area contributed by atoms with Crippen molar-refractivity contribution in [1.29, 1.82) is 0 Å². The Bertz CT molecular complexity index is 1150. The van der Waals surface area contributed by atoms with Gasteiger partial charge in [-0.2, -0.15) is 18.3 Å². The molecule has 30 heavy (non-hydrogen) atoms. The zero-order valence-electron chi connectivity index (χ0n) is 15.5. The summed E-state index contributed by atoms with van der Waals surface area (Å²) in [6.07, 6.45) is -1.98. The van der Waals surface area contributed by atoms with Gasteiger partial charge in [0.2, 0.25) is 0 Å². The molecule has 0 aliphatic heterocycles. The lowest BCUT2D eigenvalue weighted by molar-refractivity contribution is -0.137. The molecule has 2 aliphatic carbocycles. The molecule has 156 valence electrons. The number of H-pyrrole nitrogens is 1. The van der Waals surface area contributed by atoms with Crippen LogP contribution in [0.1, 0.15) is 34.3 Å². The summed E-state index contributed by atoms with van der Waals surface area (Å²) in [5.74, 6) is -0.416. The molecular formula is C21H17ClF3N3O2. The van der Waals surface area contributed by atoms with Crippen LogP contribution in [0.5, 0.6) is 0 Å². The summed E-state index contributed by atoms with van der Waals surface area (Å²) >= 11 is 6.18. The predicted molar refractivity (Wildman–Crippen MR) is 104 cm³/mol. The number of hydrogen-bond donors (Lipinski definition) is 3. The largest absolute Gasteiger partial charge is 0.416 e. The van der Waals surface area contributed by atoms with E-state index in [0.717, 1.165) is 23.0 Å². The SMILES string of the molecule is O=C(NC1C2CC(O)(c3cc(Cl)cc4[nH]ncc34)C[C@H]21)c1cccc(C(F)(F)F)c1. The molecule has 0 radical (unpaired) electrons. The van der Waals surface area contributed by atoms with Crippen molar-refractivity contribution < 1.29 is 23.1 Å². The van der Waals surface area contributed by atoms with Gasteiger partial charge in [-0.05, 0) is 60.6 Å². The molecule has 3 aromatic rings. The second-order valence-electron chi connectivity index (χ2n) is 8.13. The molecule has 1 aromatic heterocycles. The molecular weight excluding hydrogens is 419 g/mol. The molecule has 2 aromatic carbocycles. The van der Waals surface area contributed by atoms with Gasteiger partial charge >= 0.3 is 6.18 Å². The Labute approximate surface area is 174 Å². The zero-order valence-corrected chi connectivity index (χ0v) is 16.3. The molecule has 5 rings (SSSR count). The van der Waals surface area contributed by atoms with Crippen LogP contribution in [0.2, 0.25) is 5.02 Å². The Morgan fingerprint density at radius 1 is 1.23 bits per heavy atom. The first-order valence-corrected chi connectivity index (χ1v) is 9.87. The number of aromatic amines is 1. The normalized spacial score (nSPS) is 27.8. The highest BCUT2D eigenvalue weighted by atomic mass is 35.5. The molecule has 2 saturated carbocycles. The fraction of sp³-hybridized carbons (Fsp3) is 0.333. The van der Waals surface area contributed by atoms with Gasteiger partial charge in [-0.15, -0.1) is 0 Å². The third-order valence-electron chi connectivity index (χ3n) is 6.25. The van der Waals surface area contributed by atoms with Gasteiger partial charge in [0.25, 0.3) is 5.91 Å². The van der Waals surface area contributed by atoms with E-state index in [-0.39, 0.29) is 23.4 Å². The number of aromatic nitrogens is 2. The van der Waals surface area contributed by atoms with Crippen LogP contribution >= 0.6 is 11.6 Å². The third kappa shape index (κ3) is 3.15. The maximum atomic E-state index is 12.9. The topological polar surface area (TPSA) is 78.0 Å². The number of carbonyl (C=O) groups excluding carboxylic acids is 1. The average Bonchev–Trinajstić information content (AvgIpc) is 3.03. The molecule has 0 spiro atoms. The van der Waals surface area contributed by atoms with Crippen LogP contribution in [0.25, 0.3) is 10.9 Å². The second kappa shape index (κ2) is 6.46.